The van der Waals surface area contributed by atoms with Crippen LogP contribution in [-0.2, 0) is 4.74 Å². The van der Waals surface area contributed by atoms with Gasteiger partial charge in [0, 0.05) is 31.8 Å². The Morgan fingerprint density at radius 1 is 1.15 bits per heavy atom. The average Bonchev–Trinajstić information content (AvgIpc) is 2.94. The minimum absolute atomic E-state index is 0.137. The predicted octanol–water partition coefficient (Wildman–Crippen LogP) is 3.89. The van der Waals surface area contributed by atoms with Gasteiger partial charge in [-0.05, 0) is 70.0 Å². The fraction of sp³-hybridized carbons (Fsp3) is 0.810. The molecule has 3 aliphatic heterocycles. The molecule has 0 aliphatic carbocycles. The van der Waals surface area contributed by atoms with Crippen molar-refractivity contribution in [1.29, 1.82) is 0 Å². The van der Waals surface area contributed by atoms with Gasteiger partial charge in [0.1, 0.15) is 0 Å². The summed E-state index contributed by atoms with van der Waals surface area (Å²) in [4.78, 5) is 21.3. The van der Waals surface area contributed by atoms with Gasteiger partial charge in [0.25, 0.3) is 0 Å². The summed E-state index contributed by atoms with van der Waals surface area (Å²) >= 11 is 0. The van der Waals surface area contributed by atoms with Crippen LogP contribution in [0.2, 0.25) is 0 Å². The molecule has 1 amide bonds. The smallest absolute Gasteiger partial charge is 0.409 e. The maximum Gasteiger partial charge on any atom is 0.409 e. The Hall–Kier alpha value is -1.36. The molecule has 2 saturated heterocycles. The van der Waals surface area contributed by atoms with Crippen LogP contribution < -0.4 is 0 Å². The van der Waals surface area contributed by atoms with Gasteiger partial charge in [-0.15, -0.1) is 0 Å². The molecule has 146 valence electrons. The molecule has 3 rings (SSSR count). The monoisotopic (exact) mass is 361 g/mol. The maximum atomic E-state index is 12.0. The zero-order chi connectivity index (χ0) is 18.4. The van der Waals surface area contributed by atoms with E-state index >= 15 is 0 Å². The van der Waals surface area contributed by atoms with Crippen LogP contribution >= 0.6 is 0 Å². The highest BCUT2D eigenvalue weighted by Gasteiger charge is 2.31. The molecule has 0 aromatic carbocycles. The number of likely N-dealkylation sites (tertiary alicyclic amines) is 2. The fourth-order valence-corrected chi connectivity index (χ4v) is 4.82. The molecule has 3 aliphatic rings. The lowest BCUT2D eigenvalue weighted by atomic mass is 9.82. The summed E-state index contributed by atoms with van der Waals surface area (Å²) in [5.74, 6) is 0.718. The second-order valence-electron chi connectivity index (χ2n) is 7.78. The summed E-state index contributed by atoms with van der Waals surface area (Å²) in [6.07, 6.45) is 12.4. The number of nitrogens with zero attached hydrogens (tertiary/aromatic N) is 3. The highest BCUT2D eigenvalue weighted by atomic mass is 16.6. The molecule has 2 atom stereocenters. The van der Waals surface area contributed by atoms with Crippen molar-refractivity contribution in [3.8, 4) is 0 Å². The zero-order valence-corrected chi connectivity index (χ0v) is 16.5. The largest absolute Gasteiger partial charge is 0.450 e. The van der Waals surface area contributed by atoms with Crippen LogP contribution in [-0.4, -0.2) is 67.0 Å². The first kappa shape index (κ1) is 19.4. The molecule has 2 fully saturated rings. The van der Waals surface area contributed by atoms with Crippen molar-refractivity contribution in [2.24, 2.45) is 10.9 Å². The van der Waals surface area contributed by atoms with Crippen LogP contribution in [0.4, 0.5) is 4.79 Å². The first-order valence-electron chi connectivity index (χ1n) is 10.6. The zero-order valence-electron chi connectivity index (χ0n) is 16.5. The number of aliphatic imine (C=N–C) groups is 1. The van der Waals surface area contributed by atoms with Gasteiger partial charge >= 0.3 is 6.09 Å². The van der Waals surface area contributed by atoms with Gasteiger partial charge in [-0.3, -0.25) is 4.99 Å². The molecule has 0 aromatic heterocycles. The van der Waals surface area contributed by atoms with E-state index in [1.807, 2.05) is 11.8 Å². The SMILES string of the molecule is CCOC(=O)N1CCCC(N2CCC(C3=CCC=NC3CC)CC2)CC1. The normalized spacial score (nSPS) is 28.5. The quantitative estimate of drug-likeness (QED) is 0.714. The molecule has 0 radical (unpaired) electrons. The first-order valence-corrected chi connectivity index (χ1v) is 10.6. The second kappa shape index (κ2) is 9.54. The first-order chi connectivity index (χ1) is 12.7. The number of piperidine rings is 1. The van der Waals surface area contributed by atoms with Crippen LogP contribution in [0.25, 0.3) is 0 Å². The summed E-state index contributed by atoms with van der Waals surface area (Å²) in [6.45, 7) is 8.63. The molecule has 0 N–H and O–H groups in total. The highest BCUT2D eigenvalue weighted by molar-refractivity contribution is 5.67. The minimum atomic E-state index is -0.137. The third kappa shape index (κ3) is 4.67. The van der Waals surface area contributed by atoms with Gasteiger partial charge in [-0.1, -0.05) is 13.0 Å². The van der Waals surface area contributed by atoms with Crippen molar-refractivity contribution in [2.75, 3.05) is 32.8 Å². The summed E-state index contributed by atoms with van der Waals surface area (Å²) in [5, 5.41) is 0. The minimum Gasteiger partial charge on any atom is -0.450 e. The van der Waals surface area contributed by atoms with Crippen LogP contribution in [0.5, 0.6) is 0 Å². The van der Waals surface area contributed by atoms with Gasteiger partial charge < -0.3 is 14.5 Å². The number of dihydropyridines is 1. The van der Waals surface area contributed by atoms with E-state index in [-0.39, 0.29) is 6.09 Å². The van der Waals surface area contributed by atoms with Crippen molar-refractivity contribution < 1.29 is 9.53 Å². The molecular formula is C21H35N3O2. The van der Waals surface area contributed by atoms with Gasteiger partial charge in [-0.2, -0.15) is 0 Å². The third-order valence-electron chi connectivity index (χ3n) is 6.26. The Kier molecular flexibility index (Phi) is 7.12. The van der Waals surface area contributed by atoms with E-state index in [0.717, 1.165) is 44.7 Å². The molecule has 26 heavy (non-hydrogen) atoms. The molecule has 5 heteroatoms. The van der Waals surface area contributed by atoms with E-state index < -0.39 is 0 Å². The highest BCUT2D eigenvalue weighted by Crippen LogP contribution is 2.32. The van der Waals surface area contributed by atoms with E-state index in [0.29, 0.717) is 18.7 Å². The lowest BCUT2D eigenvalue weighted by Gasteiger charge is -2.39. The van der Waals surface area contributed by atoms with Crippen molar-refractivity contribution in [3.05, 3.63) is 11.6 Å². The molecule has 2 unspecified atom stereocenters. The third-order valence-corrected chi connectivity index (χ3v) is 6.26. The van der Waals surface area contributed by atoms with E-state index in [9.17, 15) is 4.79 Å². The molecular weight excluding hydrogens is 326 g/mol. The van der Waals surface area contributed by atoms with Crippen LogP contribution in [0.3, 0.4) is 0 Å². The van der Waals surface area contributed by atoms with Gasteiger partial charge in [0.2, 0.25) is 0 Å². The van der Waals surface area contributed by atoms with Crippen molar-refractivity contribution in [1.82, 2.24) is 9.80 Å². The number of carbonyl (C=O) groups excluding carboxylic acids is 1. The van der Waals surface area contributed by atoms with Crippen LogP contribution in [0.1, 0.15) is 58.8 Å². The van der Waals surface area contributed by atoms with Gasteiger partial charge in [-0.25, -0.2) is 4.79 Å². The second-order valence-corrected chi connectivity index (χ2v) is 7.78. The summed E-state index contributed by atoms with van der Waals surface area (Å²) in [5.41, 5.74) is 1.60. The number of hydrogen-bond donors (Lipinski definition) is 0. The van der Waals surface area contributed by atoms with Crippen molar-refractivity contribution in [3.63, 3.8) is 0 Å². The molecule has 0 saturated carbocycles. The summed E-state index contributed by atoms with van der Waals surface area (Å²) in [7, 11) is 0. The Labute approximate surface area is 158 Å². The van der Waals surface area contributed by atoms with E-state index in [1.165, 1.54) is 32.4 Å². The Morgan fingerprint density at radius 2 is 1.96 bits per heavy atom. The number of hydrogen-bond acceptors (Lipinski definition) is 4. The molecule has 0 spiro atoms. The lowest BCUT2D eigenvalue weighted by molar-refractivity contribution is 0.104. The van der Waals surface area contributed by atoms with Crippen LogP contribution in [0.15, 0.2) is 16.6 Å². The van der Waals surface area contributed by atoms with Crippen molar-refractivity contribution in [2.45, 2.75) is 70.9 Å². The van der Waals surface area contributed by atoms with Crippen molar-refractivity contribution >= 4 is 12.3 Å². The summed E-state index contributed by atoms with van der Waals surface area (Å²) < 4.78 is 5.18. The molecule has 0 bridgehead atoms. The van der Waals surface area contributed by atoms with E-state index in [4.69, 9.17) is 9.73 Å². The number of amides is 1. The number of rotatable bonds is 4. The predicted molar refractivity (Wildman–Crippen MR) is 106 cm³/mol. The number of ether oxygens (including phenoxy) is 1. The van der Waals surface area contributed by atoms with E-state index in [2.05, 4.69) is 24.1 Å². The average molecular weight is 362 g/mol. The molecule has 3 heterocycles. The Bertz CT molecular complexity index is 523. The molecule has 5 nitrogen and oxygen atoms in total. The molecule has 0 aromatic rings. The standard InChI is InChI=1S/C21H35N3O2/c1-3-20-19(8-5-12-22-20)17-9-14-23(15-10-17)18-7-6-13-24(16-11-18)21(25)26-4-2/h8,12,17-18,20H,3-7,9-11,13-16H2,1-2H3. The Morgan fingerprint density at radius 3 is 2.69 bits per heavy atom. The number of allylic oxidation sites excluding steroid dienone is 1. The maximum absolute atomic E-state index is 12.0. The van der Waals surface area contributed by atoms with E-state index in [1.54, 1.807) is 5.57 Å². The Balaban J connectivity index is 1.49. The number of carbonyl (C=O) groups is 1. The summed E-state index contributed by atoms with van der Waals surface area (Å²) in [6, 6.07) is 1.05. The van der Waals surface area contributed by atoms with Gasteiger partial charge in [0.05, 0.1) is 12.6 Å². The lowest BCUT2D eigenvalue weighted by Crippen LogP contribution is -2.43. The fourth-order valence-electron chi connectivity index (χ4n) is 4.82. The topological polar surface area (TPSA) is 45.1 Å². The van der Waals surface area contributed by atoms with Crippen LogP contribution in [0, 0.1) is 5.92 Å². The van der Waals surface area contributed by atoms with Gasteiger partial charge in [0.15, 0.2) is 0 Å².